The van der Waals surface area contributed by atoms with Gasteiger partial charge in [0.1, 0.15) is 6.04 Å². The number of halogens is 2. The first kappa shape index (κ1) is 22.4. The Hall–Kier alpha value is -3.37. The second-order valence-electron chi connectivity index (χ2n) is 9.11. The summed E-state index contributed by atoms with van der Waals surface area (Å²) in [6.07, 6.45) is 1.20. The number of rotatable bonds is 6. The zero-order valence-corrected chi connectivity index (χ0v) is 18.5. The molecule has 0 spiro atoms. The van der Waals surface area contributed by atoms with Crippen molar-refractivity contribution < 1.29 is 23.2 Å². The smallest absolute Gasteiger partial charge is 0.299 e. The fraction of sp³-hybridized carbons (Fsp3) is 0.375. The second kappa shape index (κ2) is 7.85. The number of fused-ring (bicyclic) bond motifs is 4. The predicted molar refractivity (Wildman–Crippen MR) is 120 cm³/mol. The highest BCUT2D eigenvalue weighted by molar-refractivity contribution is 5.99. The first-order chi connectivity index (χ1) is 16.2. The molecule has 10 heteroatoms. The molecule has 34 heavy (non-hydrogen) atoms. The number of alkyl halides is 2. The SMILES string of the molecule is CNNC(=O)[C@@H]1C[C@]2(CN)C[C@@H]2N1C(=O)CNC(=O)c1ccc2c(c1)-c1ccccc1C2(F)F. The van der Waals surface area contributed by atoms with E-state index in [4.69, 9.17) is 5.73 Å². The van der Waals surface area contributed by atoms with Gasteiger partial charge in [0.05, 0.1) is 6.54 Å². The van der Waals surface area contributed by atoms with Crippen LogP contribution in [0.25, 0.3) is 11.1 Å². The lowest BCUT2D eigenvalue weighted by Crippen LogP contribution is -2.52. The molecule has 0 bridgehead atoms. The number of nitrogens with two attached hydrogens (primary N) is 1. The summed E-state index contributed by atoms with van der Waals surface area (Å²) >= 11 is 0. The van der Waals surface area contributed by atoms with Crippen molar-refractivity contribution in [3.05, 3.63) is 59.2 Å². The zero-order valence-electron chi connectivity index (χ0n) is 18.5. The third-order valence-electron chi connectivity index (χ3n) is 7.24. The molecule has 1 heterocycles. The van der Waals surface area contributed by atoms with E-state index in [0.717, 1.165) is 6.42 Å². The molecule has 2 aromatic rings. The maximum Gasteiger partial charge on any atom is 0.299 e. The van der Waals surface area contributed by atoms with Gasteiger partial charge in [-0.25, -0.2) is 5.43 Å². The van der Waals surface area contributed by atoms with Crippen molar-refractivity contribution in [2.45, 2.75) is 30.8 Å². The van der Waals surface area contributed by atoms with Crippen LogP contribution in [0.3, 0.4) is 0 Å². The van der Waals surface area contributed by atoms with Crippen molar-refractivity contribution in [1.82, 2.24) is 21.1 Å². The minimum atomic E-state index is -3.13. The first-order valence-electron chi connectivity index (χ1n) is 11.1. The quantitative estimate of drug-likeness (QED) is 0.473. The molecule has 3 amide bonds. The lowest BCUT2D eigenvalue weighted by atomic mass is 9.99. The molecular formula is C24H25F2N5O3. The molecule has 1 saturated carbocycles. The van der Waals surface area contributed by atoms with Gasteiger partial charge in [0.25, 0.3) is 17.7 Å². The first-order valence-corrected chi connectivity index (χ1v) is 11.1. The van der Waals surface area contributed by atoms with Crippen LogP contribution in [0.15, 0.2) is 42.5 Å². The number of hydrogen-bond donors (Lipinski definition) is 4. The summed E-state index contributed by atoms with van der Waals surface area (Å²) in [5.41, 5.74) is 11.3. The van der Waals surface area contributed by atoms with E-state index >= 15 is 0 Å². The molecule has 1 aliphatic heterocycles. The van der Waals surface area contributed by atoms with E-state index in [1.807, 2.05) is 0 Å². The second-order valence-corrected chi connectivity index (χ2v) is 9.11. The van der Waals surface area contributed by atoms with Gasteiger partial charge in [0, 0.05) is 41.7 Å². The molecule has 2 aliphatic carbocycles. The Kier molecular flexibility index (Phi) is 5.18. The molecule has 0 radical (unpaired) electrons. The number of likely N-dealkylation sites (tertiary alicyclic amines) is 1. The largest absolute Gasteiger partial charge is 0.343 e. The highest BCUT2D eigenvalue weighted by Crippen LogP contribution is 2.58. The molecule has 2 aromatic carbocycles. The van der Waals surface area contributed by atoms with Gasteiger partial charge in [-0.15, -0.1) is 0 Å². The summed E-state index contributed by atoms with van der Waals surface area (Å²) in [4.78, 5) is 39.8. The molecule has 2 fully saturated rings. The number of carbonyl (C=O) groups is 3. The Labute approximate surface area is 194 Å². The molecule has 0 unspecified atom stereocenters. The van der Waals surface area contributed by atoms with Crippen LogP contribution >= 0.6 is 0 Å². The molecule has 1 saturated heterocycles. The van der Waals surface area contributed by atoms with Crippen molar-refractivity contribution in [2.24, 2.45) is 11.1 Å². The van der Waals surface area contributed by atoms with E-state index in [9.17, 15) is 23.2 Å². The van der Waals surface area contributed by atoms with E-state index in [1.54, 1.807) is 25.2 Å². The summed E-state index contributed by atoms with van der Waals surface area (Å²) in [6, 6.07) is 9.42. The van der Waals surface area contributed by atoms with Crippen LogP contribution in [0.2, 0.25) is 0 Å². The third-order valence-corrected chi connectivity index (χ3v) is 7.24. The zero-order chi connectivity index (χ0) is 24.3. The lowest BCUT2D eigenvalue weighted by Gasteiger charge is -2.26. The average Bonchev–Trinajstić information content (AvgIpc) is 3.38. The average molecular weight is 469 g/mol. The van der Waals surface area contributed by atoms with E-state index in [-0.39, 0.29) is 46.5 Å². The van der Waals surface area contributed by atoms with Gasteiger partial charge in [-0.1, -0.05) is 30.3 Å². The van der Waals surface area contributed by atoms with Gasteiger partial charge >= 0.3 is 0 Å². The van der Waals surface area contributed by atoms with Gasteiger partial charge in [-0.05, 0) is 36.1 Å². The fourth-order valence-electron chi connectivity index (χ4n) is 5.38. The summed E-state index contributed by atoms with van der Waals surface area (Å²) in [6.45, 7) is 0.0571. The number of piperidine rings is 1. The number of hydrogen-bond acceptors (Lipinski definition) is 5. The highest BCUT2D eigenvalue weighted by atomic mass is 19.3. The maximum absolute atomic E-state index is 14.8. The summed E-state index contributed by atoms with van der Waals surface area (Å²) in [5, 5.41) is 2.58. The Bertz CT molecular complexity index is 1200. The molecule has 3 atom stereocenters. The fourth-order valence-corrected chi connectivity index (χ4v) is 5.38. The van der Waals surface area contributed by atoms with Crippen LogP contribution in [0.5, 0.6) is 0 Å². The molecule has 3 aliphatic rings. The van der Waals surface area contributed by atoms with Crippen LogP contribution in [0.4, 0.5) is 8.78 Å². The molecular weight excluding hydrogens is 444 g/mol. The van der Waals surface area contributed by atoms with E-state index < -0.39 is 17.9 Å². The Morgan fingerprint density at radius 3 is 2.56 bits per heavy atom. The molecule has 8 nitrogen and oxygen atoms in total. The van der Waals surface area contributed by atoms with Crippen LogP contribution < -0.4 is 21.9 Å². The number of nitrogens with one attached hydrogen (secondary N) is 3. The number of carbonyl (C=O) groups excluding carboxylic acids is 3. The van der Waals surface area contributed by atoms with E-state index in [0.29, 0.717) is 24.1 Å². The lowest BCUT2D eigenvalue weighted by molar-refractivity contribution is -0.139. The predicted octanol–water partition coefficient (Wildman–Crippen LogP) is 1.11. The minimum absolute atomic E-state index is 0.0922. The van der Waals surface area contributed by atoms with Crippen LogP contribution in [0, 0.1) is 5.41 Å². The van der Waals surface area contributed by atoms with Gasteiger partial charge in [-0.3, -0.25) is 19.8 Å². The maximum atomic E-state index is 14.8. The highest BCUT2D eigenvalue weighted by Gasteiger charge is 2.66. The van der Waals surface area contributed by atoms with E-state index in [1.165, 1.54) is 29.2 Å². The van der Waals surface area contributed by atoms with Crippen LogP contribution in [0.1, 0.15) is 34.3 Å². The normalized spacial score (nSPS) is 25.2. The summed E-state index contributed by atoms with van der Waals surface area (Å²) in [7, 11) is 1.56. The Balaban J connectivity index is 1.31. The van der Waals surface area contributed by atoms with E-state index in [2.05, 4.69) is 16.2 Å². The number of nitrogens with zero attached hydrogens (tertiary/aromatic N) is 1. The van der Waals surface area contributed by atoms with Crippen molar-refractivity contribution >= 4 is 17.7 Å². The van der Waals surface area contributed by atoms with Crippen LogP contribution in [-0.4, -0.2) is 54.8 Å². The van der Waals surface area contributed by atoms with Gasteiger partial charge in [-0.2, -0.15) is 8.78 Å². The number of benzene rings is 2. The Morgan fingerprint density at radius 2 is 1.82 bits per heavy atom. The van der Waals surface area contributed by atoms with Crippen molar-refractivity contribution in [3.63, 3.8) is 0 Å². The van der Waals surface area contributed by atoms with Crippen molar-refractivity contribution in [1.29, 1.82) is 0 Å². The third kappa shape index (κ3) is 3.28. The number of hydrazine groups is 1. The summed E-state index contributed by atoms with van der Waals surface area (Å²) in [5.74, 6) is -4.41. The topological polar surface area (TPSA) is 117 Å². The van der Waals surface area contributed by atoms with Crippen LogP contribution in [-0.2, 0) is 15.5 Å². The monoisotopic (exact) mass is 469 g/mol. The Morgan fingerprint density at radius 1 is 1.09 bits per heavy atom. The van der Waals surface area contributed by atoms with Crippen molar-refractivity contribution in [3.8, 4) is 11.1 Å². The van der Waals surface area contributed by atoms with Crippen molar-refractivity contribution in [2.75, 3.05) is 20.1 Å². The molecule has 5 rings (SSSR count). The van der Waals surface area contributed by atoms with Gasteiger partial charge in [0.2, 0.25) is 5.91 Å². The molecule has 5 N–H and O–H groups in total. The summed E-state index contributed by atoms with van der Waals surface area (Å²) < 4.78 is 29.5. The van der Waals surface area contributed by atoms with Gasteiger partial charge < -0.3 is 16.0 Å². The molecule has 0 aromatic heterocycles. The minimum Gasteiger partial charge on any atom is -0.343 e. The van der Waals surface area contributed by atoms with Gasteiger partial charge in [0.15, 0.2) is 0 Å². The molecule has 178 valence electrons. The standard InChI is InChI=1S/C24H25F2N5O3/c1-28-30-22(34)18-9-23(12-27)10-19(23)31(18)20(32)11-29-21(33)13-6-7-17-15(8-13)14-4-2-3-5-16(14)24(17,25)26/h2-8,18-19,28H,9-12,27H2,1H3,(H,29,33)(H,30,34)/t18-,19-,23+/m0/s1. The number of amides is 3.